The summed E-state index contributed by atoms with van der Waals surface area (Å²) in [4.78, 5) is 19.2. The normalized spacial score (nSPS) is 10.0. The third kappa shape index (κ3) is 5.82. The van der Waals surface area contributed by atoms with Gasteiger partial charge in [0.1, 0.15) is 6.33 Å². The third-order valence-corrected chi connectivity index (χ3v) is 2.06. The molecule has 1 amide bonds. The summed E-state index contributed by atoms with van der Waals surface area (Å²) in [5, 5.41) is 2.75. The topological polar surface area (TPSA) is 90.1 Å². The van der Waals surface area contributed by atoms with Crippen LogP contribution in [0, 0.1) is 6.92 Å². The number of ether oxygens (including phenoxy) is 1. The maximum absolute atomic E-state index is 11.3. The zero-order valence-corrected chi connectivity index (χ0v) is 9.98. The van der Waals surface area contributed by atoms with Crippen molar-refractivity contribution in [3.63, 3.8) is 0 Å². The molecule has 0 saturated heterocycles. The number of nitrogens with two attached hydrogens (primary N) is 1. The van der Waals surface area contributed by atoms with Crippen LogP contribution in [0.5, 0.6) is 5.88 Å². The van der Waals surface area contributed by atoms with Gasteiger partial charge in [-0.25, -0.2) is 9.97 Å². The molecule has 6 heteroatoms. The molecule has 94 valence electrons. The Hall–Kier alpha value is -1.69. The second-order valence-corrected chi connectivity index (χ2v) is 3.59. The predicted molar refractivity (Wildman–Crippen MR) is 63.6 cm³/mol. The molecule has 0 spiro atoms. The van der Waals surface area contributed by atoms with Gasteiger partial charge >= 0.3 is 0 Å². The summed E-state index contributed by atoms with van der Waals surface area (Å²) in [7, 11) is 0. The smallest absolute Gasteiger partial charge is 0.223 e. The molecule has 1 heterocycles. The van der Waals surface area contributed by atoms with Crippen LogP contribution in [0.15, 0.2) is 12.4 Å². The van der Waals surface area contributed by atoms with Crippen molar-refractivity contribution >= 4 is 5.91 Å². The van der Waals surface area contributed by atoms with Gasteiger partial charge < -0.3 is 15.8 Å². The van der Waals surface area contributed by atoms with Crippen LogP contribution in [0.1, 0.15) is 18.5 Å². The lowest BCUT2D eigenvalue weighted by atomic mass is 10.4. The van der Waals surface area contributed by atoms with Crippen LogP contribution < -0.4 is 15.8 Å². The largest absolute Gasteiger partial charge is 0.477 e. The quantitative estimate of drug-likeness (QED) is 0.653. The zero-order valence-electron chi connectivity index (χ0n) is 9.98. The van der Waals surface area contributed by atoms with E-state index in [9.17, 15) is 4.79 Å². The fourth-order valence-electron chi connectivity index (χ4n) is 1.18. The Kier molecular flexibility index (Phi) is 5.95. The highest BCUT2D eigenvalue weighted by Crippen LogP contribution is 2.05. The van der Waals surface area contributed by atoms with E-state index in [-0.39, 0.29) is 5.91 Å². The number of nitrogens with one attached hydrogen (secondary N) is 1. The molecule has 0 bridgehead atoms. The highest BCUT2D eigenvalue weighted by atomic mass is 16.5. The fourth-order valence-corrected chi connectivity index (χ4v) is 1.18. The van der Waals surface area contributed by atoms with Gasteiger partial charge in [0, 0.05) is 18.3 Å². The third-order valence-electron chi connectivity index (χ3n) is 2.06. The molecule has 0 aliphatic carbocycles. The summed E-state index contributed by atoms with van der Waals surface area (Å²) in [6.07, 6.45) is 2.54. The first-order valence-electron chi connectivity index (χ1n) is 5.60. The summed E-state index contributed by atoms with van der Waals surface area (Å²) in [6.45, 7) is 3.36. The fraction of sp³-hybridized carbons (Fsp3) is 0.545. The number of hydrogen-bond acceptors (Lipinski definition) is 5. The number of rotatable bonds is 7. The monoisotopic (exact) mass is 238 g/mol. The van der Waals surface area contributed by atoms with Crippen molar-refractivity contribution in [3.05, 3.63) is 18.1 Å². The Labute approximate surface area is 101 Å². The second kappa shape index (κ2) is 7.56. The van der Waals surface area contributed by atoms with E-state index in [2.05, 4.69) is 15.3 Å². The van der Waals surface area contributed by atoms with Crippen LogP contribution in [0.4, 0.5) is 0 Å². The van der Waals surface area contributed by atoms with Crippen LogP contribution in [0.3, 0.4) is 0 Å². The van der Waals surface area contributed by atoms with E-state index >= 15 is 0 Å². The molecule has 3 N–H and O–H groups in total. The maximum atomic E-state index is 11.3. The van der Waals surface area contributed by atoms with Gasteiger partial charge in [0.15, 0.2) is 0 Å². The summed E-state index contributed by atoms with van der Waals surface area (Å²) in [6, 6.07) is 1.73. The predicted octanol–water partition coefficient (Wildman–Crippen LogP) is 0.0189. The minimum absolute atomic E-state index is 0.0378. The zero-order chi connectivity index (χ0) is 12.5. The SMILES string of the molecule is Cc1cc(OCCC(=O)NCCCN)ncn1. The molecular formula is C11H18N4O2. The van der Waals surface area contributed by atoms with E-state index in [1.54, 1.807) is 6.07 Å². The summed E-state index contributed by atoms with van der Waals surface area (Å²) in [5.41, 5.74) is 6.15. The van der Waals surface area contributed by atoms with Gasteiger partial charge in [-0.1, -0.05) is 0 Å². The van der Waals surface area contributed by atoms with Crippen molar-refractivity contribution < 1.29 is 9.53 Å². The molecule has 0 saturated carbocycles. The van der Waals surface area contributed by atoms with Gasteiger partial charge in [-0.3, -0.25) is 4.79 Å². The summed E-state index contributed by atoms with van der Waals surface area (Å²) >= 11 is 0. The lowest BCUT2D eigenvalue weighted by Gasteiger charge is -2.06. The molecule has 0 unspecified atom stereocenters. The van der Waals surface area contributed by atoms with Crippen molar-refractivity contribution in [2.24, 2.45) is 5.73 Å². The number of nitrogens with zero attached hydrogens (tertiary/aromatic N) is 2. The summed E-state index contributed by atoms with van der Waals surface area (Å²) < 4.78 is 5.33. The number of aryl methyl sites for hydroxylation is 1. The lowest BCUT2D eigenvalue weighted by molar-refractivity contribution is -0.121. The number of amides is 1. The van der Waals surface area contributed by atoms with Gasteiger partial charge in [0.05, 0.1) is 13.0 Å². The van der Waals surface area contributed by atoms with Crippen LogP contribution in [-0.4, -0.2) is 35.6 Å². The van der Waals surface area contributed by atoms with Crippen LogP contribution >= 0.6 is 0 Å². The molecular weight excluding hydrogens is 220 g/mol. The van der Waals surface area contributed by atoms with E-state index in [1.807, 2.05) is 6.92 Å². The molecule has 0 aliphatic rings. The average Bonchev–Trinajstić information content (AvgIpc) is 2.29. The maximum Gasteiger partial charge on any atom is 0.223 e. The molecule has 1 aromatic rings. The Morgan fingerprint density at radius 3 is 3.06 bits per heavy atom. The Bertz CT molecular complexity index is 357. The van der Waals surface area contributed by atoms with Gasteiger partial charge in [0.25, 0.3) is 0 Å². The molecule has 1 aromatic heterocycles. The van der Waals surface area contributed by atoms with E-state index in [0.717, 1.165) is 12.1 Å². The Morgan fingerprint density at radius 1 is 1.53 bits per heavy atom. The number of carbonyl (C=O) groups excluding carboxylic acids is 1. The van der Waals surface area contributed by atoms with Crippen LogP contribution in [0.2, 0.25) is 0 Å². The average molecular weight is 238 g/mol. The van der Waals surface area contributed by atoms with Crippen molar-refractivity contribution in [1.82, 2.24) is 15.3 Å². The van der Waals surface area contributed by atoms with E-state index in [4.69, 9.17) is 10.5 Å². The van der Waals surface area contributed by atoms with Crippen molar-refractivity contribution in [2.45, 2.75) is 19.8 Å². The number of aromatic nitrogens is 2. The molecule has 0 radical (unpaired) electrons. The van der Waals surface area contributed by atoms with Gasteiger partial charge in [0.2, 0.25) is 11.8 Å². The first-order valence-corrected chi connectivity index (χ1v) is 5.60. The standard InChI is InChI=1S/C11H18N4O2/c1-9-7-11(15-8-14-9)17-6-3-10(16)13-5-2-4-12/h7-8H,2-6,12H2,1H3,(H,13,16). The van der Waals surface area contributed by atoms with Crippen molar-refractivity contribution in [3.8, 4) is 5.88 Å². The molecule has 0 atom stereocenters. The number of carbonyl (C=O) groups is 1. The van der Waals surface area contributed by atoms with E-state index < -0.39 is 0 Å². The van der Waals surface area contributed by atoms with Gasteiger partial charge in [-0.15, -0.1) is 0 Å². The molecule has 0 aliphatic heterocycles. The first-order chi connectivity index (χ1) is 8.22. The summed E-state index contributed by atoms with van der Waals surface area (Å²) in [5.74, 6) is 0.455. The van der Waals surface area contributed by atoms with Crippen LogP contribution in [-0.2, 0) is 4.79 Å². The highest BCUT2D eigenvalue weighted by Gasteiger charge is 2.02. The Morgan fingerprint density at radius 2 is 2.35 bits per heavy atom. The van der Waals surface area contributed by atoms with Crippen molar-refractivity contribution in [1.29, 1.82) is 0 Å². The van der Waals surface area contributed by atoms with E-state index in [1.165, 1.54) is 6.33 Å². The first kappa shape index (κ1) is 13.4. The van der Waals surface area contributed by atoms with Gasteiger partial charge in [-0.2, -0.15) is 0 Å². The number of hydrogen-bond donors (Lipinski definition) is 2. The van der Waals surface area contributed by atoms with E-state index in [0.29, 0.717) is 32.0 Å². The van der Waals surface area contributed by atoms with Crippen LogP contribution in [0.25, 0.3) is 0 Å². The van der Waals surface area contributed by atoms with Crippen molar-refractivity contribution in [2.75, 3.05) is 19.7 Å². The Balaban J connectivity index is 2.17. The minimum Gasteiger partial charge on any atom is -0.477 e. The highest BCUT2D eigenvalue weighted by molar-refractivity contribution is 5.75. The molecule has 17 heavy (non-hydrogen) atoms. The second-order valence-electron chi connectivity index (χ2n) is 3.59. The molecule has 1 rings (SSSR count). The molecule has 6 nitrogen and oxygen atoms in total. The van der Waals surface area contributed by atoms with Gasteiger partial charge in [-0.05, 0) is 19.9 Å². The minimum atomic E-state index is -0.0378. The molecule has 0 aromatic carbocycles. The lowest BCUT2D eigenvalue weighted by Crippen LogP contribution is -2.27. The molecule has 0 fully saturated rings.